The fourth-order valence-electron chi connectivity index (χ4n) is 2.50. The number of nitrogens with one attached hydrogen (secondary N) is 1. The first-order chi connectivity index (χ1) is 9.58. The SMILES string of the molecule is CC(NC(=O)N1CCCC1CC(=O)O)c1cccnc1. The molecule has 6 heteroatoms. The molecule has 2 N–H and O–H groups in total. The molecule has 0 aliphatic carbocycles. The highest BCUT2D eigenvalue weighted by atomic mass is 16.4. The molecule has 0 spiro atoms. The summed E-state index contributed by atoms with van der Waals surface area (Å²) in [6, 6.07) is 3.17. The number of carboxylic acids is 1. The van der Waals surface area contributed by atoms with E-state index in [0.717, 1.165) is 18.4 Å². The van der Waals surface area contributed by atoms with Crippen molar-refractivity contribution in [3.63, 3.8) is 0 Å². The normalized spacial score (nSPS) is 19.6. The second kappa shape index (κ2) is 6.36. The summed E-state index contributed by atoms with van der Waals surface area (Å²) in [5.74, 6) is -0.866. The van der Waals surface area contributed by atoms with Crippen molar-refractivity contribution in [2.75, 3.05) is 6.54 Å². The number of aromatic nitrogens is 1. The second-order valence-corrected chi connectivity index (χ2v) is 5.04. The second-order valence-electron chi connectivity index (χ2n) is 5.04. The highest BCUT2D eigenvalue weighted by Gasteiger charge is 2.30. The van der Waals surface area contributed by atoms with E-state index in [2.05, 4.69) is 10.3 Å². The summed E-state index contributed by atoms with van der Waals surface area (Å²) in [4.78, 5) is 28.7. The third kappa shape index (κ3) is 3.46. The van der Waals surface area contributed by atoms with Crippen molar-refractivity contribution in [2.24, 2.45) is 0 Å². The summed E-state index contributed by atoms with van der Waals surface area (Å²) in [5, 5.41) is 11.8. The number of nitrogens with zero attached hydrogens (tertiary/aromatic N) is 2. The number of carboxylic acid groups (broad SMARTS) is 1. The van der Waals surface area contributed by atoms with Crippen molar-refractivity contribution < 1.29 is 14.7 Å². The number of carbonyl (C=O) groups is 2. The van der Waals surface area contributed by atoms with Gasteiger partial charge < -0.3 is 15.3 Å². The van der Waals surface area contributed by atoms with Crippen LogP contribution in [0, 0.1) is 0 Å². The number of likely N-dealkylation sites (tertiary alicyclic amines) is 1. The van der Waals surface area contributed by atoms with E-state index in [1.54, 1.807) is 17.3 Å². The summed E-state index contributed by atoms with van der Waals surface area (Å²) in [5.41, 5.74) is 0.926. The van der Waals surface area contributed by atoms with Crippen molar-refractivity contribution in [1.82, 2.24) is 15.2 Å². The van der Waals surface area contributed by atoms with Crippen LogP contribution in [-0.4, -0.2) is 39.6 Å². The van der Waals surface area contributed by atoms with Gasteiger partial charge in [0.05, 0.1) is 12.5 Å². The molecule has 1 saturated heterocycles. The molecule has 20 heavy (non-hydrogen) atoms. The number of aliphatic carboxylic acids is 1. The lowest BCUT2D eigenvalue weighted by atomic mass is 10.1. The molecular weight excluding hydrogens is 258 g/mol. The van der Waals surface area contributed by atoms with Gasteiger partial charge >= 0.3 is 12.0 Å². The van der Waals surface area contributed by atoms with Crippen molar-refractivity contribution >= 4 is 12.0 Å². The summed E-state index contributed by atoms with van der Waals surface area (Å²) in [7, 11) is 0. The maximum absolute atomic E-state index is 12.2. The maximum Gasteiger partial charge on any atom is 0.318 e. The summed E-state index contributed by atoms with van der Waals surface area (Å²) in [6.45, 7) is 2.50. The van der Waals surface area contributed by atoms with Crippen LogP contribution in [0.3, 0.4) is 0 Å². The molecule has 2 rings (SSSR count). The summed E-state index contributed by atoms with van der Waals surface area (Å²) in [6.07, 6.45) is 5.01. The van der Waals surface area contributed by atoms with Gasteiger partial charge in [0.25, 0.3) is 0 Å². The number of carbonyl (C=O) groups excluding carboxylic acids is 1. The van der Waals surface area contributed by atoms with Crippen LogP contribution in [0.25, 0.3) is 0 Å². The number of pyridine rings is 1. The standard InChI is InChI=1S/C14H19N3O3/c1-10(11-4-2-6-15-9-11)16-14(20)17-7-3-5-12(17)8-13(18)19/h2,4,6,9-10,12H,3,5,7-8H2,1H3,(H,16,20)(H,18,19). The predicted octanol–water partition coefficient (Wildman–Crippen LogP) is 1.79. The van der Waals surface area contributed by atoms with Gasteiger partial charge in [-0.05, 0) is 31.4 Å². The van der Waals surface area contributed by atoms with Crippen LogP contribution in [-0.2, 0) is 4.79 Å². The van der Waals surface area contributed by atoms with Crippen molar-refractivity contribution in [3.05, 3.63) is 30.1 Å². The van der Waals surface area contributed by atoms with E-state index in [0.29, 0.717) is 6.54 Å². The van der Waals surface area contributed by atoms with Gasteiger partial charge in [-0.15, -0.1) is 0 Å². The Kier molecular flexibility index (Phi) is 4.55. The minimum absolute atomic E-state index is 0.00862. The topological polar surface area (TPSA) is 82.5 Å². The number of hydrogen-bond donors (Lipinski definition) is 2. The van der Waals surface area contributed by atoms with Crippen LogP contribution in [0.15, 0.2) is 24.5 Å². The Labute approximate surface area is 117 Å². The molecule has 0 saturated carbocycles. The zero-order chi connectivity index (χ0) is 14.5. The van der Waals surface area contributed by atoms with Crippen LogP contribution in [0.2, 0.25) is 0 Å². The van der Waals surface area contributed by atoms with E-state index in [4.69, 9.17) is 5.11 Å². The van der Waals surface area contributed by atoms with Crippen LogP contribution in [0.4, 0.5) is 4.79 Å². The first kappa shape index (κ1) is 14.3. The maximum atomic E-state index is 12.2. The van der Waals surface area contributed by atoms with E-state index >= 15 is 0 Å². The molecule has 1 aromatic rings. The highest BCUT2D eigenvalue weighted by Crippen LogP contribution is 2.21. The highest BCUT2D eigenvalue weighted by molar-refractivity contribution is 5.76. The molecule has 0 aromatic carbocycles. The summed E-state index contributed by atoms with van der Waals surface area (Å²) < 4.78 is 0. The quantitative estimate of drug-likeness (QED) is 0.879. The van der Waals surface area contributed by atoms with Crippen LogP contribution < -0.4 is 5.32 Å². The summed E-state index contributed by atoms with van der Waals surface area (Å²) >= 11 is 0. The van der Waals surface area contributed by atoms with Gasteiger partial charge in [-0.3, -0.25) is 9.78 Å². The Bertz CT molecular complexity index is 478. The van der Waals surface area contributed by atoms with Gasteiger partial charge in [0, 0.05) is 25.0 Å². The van der Waals surface area contributed by atoms with E-state index in [1.165, 1.54) is 0 Å². The molecule has 6 nitrogen and oxygen atoms in total. The molecule has 1 aromatic heterocycles. The van der Waals surface area contributed by atoms with Gasteiger partial charge in [0.15, 0.2) is 0 Å². The molecule has 2 unspecified atom stereocenters. The van der Waals surface area contributed by atoms with Crippen molar-refractivity contribution in [1.29, 1.82) is 0 Å². The molecule has 0 bridgehead atoms. The zero-order valence-electron chi connectivity index (χ0n) is 11.5. The molecule has 1 aliphatic heterocycles. The zero-order valence-corrected chi connectivity index (χ0v) is 11.5. The van der Waals surface area contributed by atoms with Gasteiger partial charge in [-0.1, -0.05) is 6.07 Å². The predicted molar refractivity (Wildman–Crippen MR) is 73.2 cm³/mol. The molecule has 1 aliphatic rings. The van der Waals surface area contributed by atoms with Gasteiger partial charge in [-0.2, -0.15) is 0 Å². The lowest BCUT2D eigenvalue weighted by Crippen LogP contribution is -2.44. The van der Waals surface area contributed by atoms with Crippen LogP contribution >= 0.6 is 0 Å². The largest absolute Gasteiger partial charge is 0.481 e. The Morgan fingerprint density at radius 2 is 2.40 bits per heavy atom. The lowest BCUT2D eigenvalue weighted by molar-refractivity contribution is -0.137. The Morgan fingerprint density at radius 3 is 3.05 bits per heavy atom. The Balaban J connectivity index is 1.95. The van der Waals surface area contributed by atoms with Gasteiger partial charge in [0.2, 0.25) is 0 Å². The number of rotatable bonds is 4. The Morgan fingerprint density at radius 1 is 1.60 bits per heavy atom. The molecule has 1 fully saturated rings. The number of hydrogen-bond acceptors (Lipinski definition) is 3. The van der Waals surface area contributed by atoms with Crippen molar-refractivity contribution in [3.8, 4) is 0 Å². The van der Waals surface area contributed by atoms with E-state index < -0.39 is 5.97 Å². The molecule has 108 valence electrons. The van der Waals surface area contributed by atoms with Crippen molar-refractivity contribution in [2.45, 2.75) is 38.3 Å². The average Bonchev–Trinajstić information content (AvgIpc) is 2.87. The first-order valence-corrected chi connectivity index (χ1v) is 6.77. The van der Waals surface area contributed by atoms with E-state index in [1.807, 2.05) is 19.1 Å². The molecular formula is C14H19N3O3. The first-order valence-electron chi connectivity index (χ1n) is 6.77. The fourth-order valence-corrected chi connectivity index (χ4v) is 2.50. The Hall–Kier alpha value is -2.11. The lowest BCUT2D eigenvalue weighted by Gasteiger charge is -2.26. The van der Waals surface area contributed by atoms with E-state index in [-0.39, 0.29) is 24.5 Å². The minimum atomic E-state index is -0.866. The number of amides is 2. The van der Waals surface area contributed by atoms with E-state index in [9.17, 15) is 9.59 Å². The molecule has 0 radical (unpaired) electrons. The van der Waals surface area contributed by atoms with Crippen LogP contribution in [0.5, 0.6) is 0 Å². The average molecular weight is 277 g/mol. The number of urea groups is 1. The molecule has 2 heterocycles. The monoisotopic (exact) mass is 277 g/mol. The third-order valence-corrected chi connectivity index (χ3v) is 3.57. The van der Waals surface area contributed by atoms with Crippen LogP contribution in [0.1, 0.15) is 37.8 Å². The van der Waals surface area contributed by atoms with Gasteiger partial charge in [-0.25, -0.2) is 4.79 Å². The molecule has 2 atom stereocenters. The third-order valence-electron chi connectivity index (χ3n) is 3.57. The fraction of sp³-hybridized carbons (Fsp3) is 0.500. The van der Waals surface area contributed by atoms with Gasteiger partial charge in [0.1, 0.15) is 0 Å². The minimum Gasteiger partial charge on any atom is -0.481 e. The smallest absolute Gasteiger partial charge is 0.318 e. The molecule has 2 amide bonds.